The Bertz CT molecular complexity index is 1090. The maximum atomic E-state index is 12.5. The highest BCUT2D eigenvalue weighted by atomic mass is 16.2. The van der Waals surface area contributed by atoms with E-state index in [-0.39, 0.29) is 5.91 Å². The highest BCUT2D eigenvalue weighted by Crippen LogP contribution is 2.29. The smallest absolute Gasteiger partial charge is 0.246 e. The van der Waals surface area contributed by atoms with Crippen LogP contribution in [0.15, 0.2) is 115 Å². The monoisotopic (exact) mass is 403 g/mol. The molecular formula is C29H25NO. The molecule has 0 atom stereocenters. The van der Waals surface area contributed by atoms with Crippen LogP contribution < -0.4 is 0 Å². The van der Waals surface area contributed by atoms with E-state index < -0.39 is 0 Å². The molecule has 1 amide bonds. The molecule has 0 aromatic heterocycles. The third-order valence-electron chi connectivity index (χ3n) is 5.31. The molecule has 0 aliphatic heterocycles. The second-order valence-electron chi connectivity index (χ2n) is 7.68. The molecule has 0 unspecified atom stereocenters. The summed E-state index contributed by atoms with van der Waals surface area (Å²) in [6.45, 7) is 0. The van der Waals surface area contributed by atoms with Gasteiger partial charge in [0.25, 0.3) is 0 Å². The number of benzene rings is 4. The Morgan fingerprint density at radius 1 is 0.548 bits per heavy atom. The molecule has 0 bridgehead atoms. The molecule has 31 heavy (non-hydrogen) atoms. The molecule has 4 aromatic carbocycles. The number of carbonyl (C=O) groups is 1. The molecule has 0 N–H and O–H groups in total. The second kappa shape index (κ2) is 9.27. The van der Waals surface area contributed by atoms with Crippen molar-refractivity contribution in [2.75, 3.05) is 14.1 Å². The van der Waals surface area contributed by atoms with Crippen molar-refractivity contribution in [1.29, 1.82) is 0 Å². The molecule has 2 heteroatoms. The first-order chi connectivity index (χ1) is 15.1. The van der Waals surface area contributed by atoms with Crippen molar-refractivity contribution in [3.63, 3.8) is 0 Å². The highest BCUT2D eigenvalue weighted by Gasteiger charge is 2.10. The van der Waals surface area contributed by atoms with Gasteiger partial charge < -0.3 is 4.90 Å². The van der Waals surface area contributed by atoms with Crippen LogP contribution in [0.4, 0.5) is 0 Å². The fraction of sp³-hybridized carbons (Fsp3) is 0.0690. The molecule has 0 radical (unpaired) electrons. The quantitative estimate of drug-likeness (QED) is 0.346. The van der Waals surface area contributed by atoms with Gasteiger partial charge in [-0.1, -0.05) is 109 Å². The molecule has 0 heterocycles. The lowest BCUT2D eigenvalue weighted by Crippen LogP contribution is -2.19. The summed E-state index contributed by atoms with van der Waals surface area (Å²) in [5.41, 5.74) is 7.61. The van der Waals surface area contributed by atoms with E-state index in [0.29, 0.717) is 0 Å². The predicted octanol–water partition coefficient (Wildman–Crippen LogP) is 6.54. The lowest BCUT2D eigenvalue weighted by atomic mass is 9.93. The van der Waals surface area contributed by atoms with Crippen LogP contribution in [-0.4, -0.2) is 24.9 Å². The van der Waals surface area contributed by atoms with Crippen LogP contribution in [0.3, 0.4) is 0 Å². The average Bonchev–Trinajstić information content (AvgIpc) is 2.84. The van der Waals surface area contributed by atoms with Gasteiger partial charge >= 0.3 is 0 Å². The number of hydrogen-bond acceptors (Lipinski definition) is 1. The van der Waals surface area contributed by atoms with Gasteiger partial charge in [0.2, 0.25) is 5.91 Å². The van der Waals surface area contributed by atoms with Gasteiger partial charge in [-0.25, -0.2) is 0 Å². The number of amides is 1. The summed E-state index contributed by atoms with van der Waals surface area (Å²) >= 11 is 0. The van der Waals surface area contributed by atoms with E-state index in [2.05, 4.69) is 72.8 Å². The Hall–Kier alpha value is -3.91. The zero-order chi connectivity index (χ0) is 21.6. The van der Waals surface area contributed by atoms with Crippen molar-refractivity contribution in [1.82, 2.24) is 4.90 Å². The minimum absolute atomic E-state index is 0.0331. The van der Waals surface area contributed by atoms with Gasteiger partial charge in [0, 0.05) is 20.2 Å². The van der Waals surface area contributed by atoms with Crippen molar-refractivity contribution >= 4 is 11.5 Å². The van der Waals surface area contributed by atoms with E-state index in [1.165, 1.54) is 11.1 Å². The Labute approximate surface area is 184 Å². The zero-order valence-corrected chi connectivity index (χ0v) is 17.8. The standard InChI is InChI=1S/C29H25NO/c1-30(2)29(31)21-28(26-17-13-24(14-18-26)22-9-5-3-6-10-22)27-19-15-25(16-20-27)23-11-7-4-8-12-23/h3-21H,1-2H3. The Morgan fingerprint density at radius 2 is 0.903 bits per heavy atom. The van der Waals surface area contributed by atoms with Crippen LogP contribution in [0.2, 0.25) is 0 Å². The minimum Gasteiger partial charge on any atom is -0.345 e. The van der Waals surface area contributed by atoms with Crippen LogP contribution in [0.25, 0.3) is 27.8 Å². The first kappa shape index (κ1) is 20.4. The molecule has 0 saturated carbocycles. The number of carbonyl (C=O) groups excluding carboxylic acids is 1. The average molecular weight is 404 g/mol. The van der Waals surface area contributed by atoms with Gasteiger partial charge in [0.15, 0.2) is 0 Å². The van der Waals surface area contributed by atoms with E-state index in [1.54, 1.807) is 25.1 Å². The molecule has 4 rings (SSSR count). The lowest BCUT2D eigenvalue weighted by Gasteiger charge is -2.13. The predicted molar refractivity (Wildman–Crippen MR) is 130 cm³/mol. The molecular weight excluding hydrogens is 378 g/mol. The summed E-state index contributed by atoms with van der Waals surface area (Å²) in [6, 6.07) is 37.4. The third-order valence-corrected chi connectivity index (χ3v) is 5.31. The van der Waals surface area contributed by atoms with Crippen molar-refractivity contribution < 1.29 is 4.79 Å². The molecule has 4 aromatic rings. The summed E-state index contributed by atoms with van der Waals surface area (Å²) in [5.74, 6) is -0.0331. The lowest BCUT2D eigenvalue weighted by molar-refractivity contribution is -0.123. The topological polar surface area (TPSA) is 20.3 Å². The summed E-state index contributed by atoms with van der Waals surface area (Å²) in [7, 11) is 3.54. The Balaban J connectivity index is 1.71. The van der Waals surface area contributed by atoms with Crippen molar-refractivity contribution in [2.24, 2.45) is 0 Å². The Morgan fingerprint density at radius 3 is 1.26 bits per heavy atom. The van der Waals surface area contributed by atoms with E-state index in [1.807, 2.05) is 36.4 Å². The number of nitrogens with zero attached hydrogens (tertiary/aromatic N) is 1. The van der Waals surface area contributed by atoms with Gasteiger partial charge in [0.05, 0.1) is 0 Å². The van der Waals surface area contributed by atoms with Crippen LogP contribution >= 0.6 is 0 Å². The summed E-state index contributed by atoms with van der Waals surface area (Å²) in [4.78, 5) is 14.1. The highest BCUT2D eigenvalue weighted by molar-refractivity contribution is 5.99. The van der Waals surface area contributed by atoms with Crippen molar-refractivity contribution in [3.8, 4) is 22.3 Å². The van der Waals surface area contributed by atoms with Crippen LogP contribution in [-0.2, 0) is 4.79 Å². The maximum Gasteiger partial charge on any atom is 0.246 e. The fourth-order valence-electron chi connectivity index (χ4n) is 3.53. The normalized spacial score (nSPS) is 10.4. The number of rotatable bonds is 5. The maximum absolute atomic E-state index is 12.5. The summed E-state index contributed by atoms with van der Waals surface area (Å²) < 4.78 is 0. The van der Waals surface area contributed by atoms with E-state index >= 15 is 0 Å². The summed E-state index contributed by atoms with van der Waals surface area (Å²) in [6.07, 6.45) is 1.72. The molecule has 0 spiro atoms. The van der Waals surface area contributed by atoms with Crippen LogP contribution in [0.1, 0.15) is 11.1 Å². The molecule has 0 aliphatic rings. The SMILES string of the molecule is CN(C)C(=O)C=C(c1ccc(-c2ccccc2)cc1)c1ccc(-c2ccccc2)cc1. The molecule has 0 fully saturated rings. The molecule has 152 valence electrons. The number of hydrogen-bond donors (Lipinski definition) is 0. The third kappa shape index (κ3) is 4.81. The molecule has 0 saturated heterocycles. The first-order valence-electron chi connectivity index (χ1n) is 10.4. The fourth-order valence-corrected chi connectivity index (χ4v) is 3.53. The van der Waals surface area contributed by atoms with E-state index in [0.717, 1.165) is 27.8 Å². The van der Waals surface area contributed by atoms with E-state index in [4.69, 9.17) is 0 Å². The minimum atomic E-state index is -0.0331. The van der Waals surface area contributed by atoms with Crippen molar-refractivity contribution in [2.45, 2.75) is 0 Å². The van der Waals surface area contributed by atoms with Crippen LogP contribution in [0.5, 0.6) is 0 Å². The molecule has 0 aliphatic carbocycles. The van der Waals surface area contributed by atoms with Gasteiger partial charge in [-0.3, -0.25) is 4.79 Å². The van der Waals surface area contributed by atoms with Gasteiger partial charge in [-0.2, -0.15) is 0 Å². The zero-order valence-electron chi connectivity index (χ0n) is 17.8. The van der Waals surface area contributed by atoms with Gasteiger partial charge in [-0.05, 0) is 39.0 Å². The van der Waals surface area contributed by atoms with Gasteiger partial charge in [0.1, 0.15) is 0 Å². The number of likely N-dealkylation sites (N-methyl/N-ethyl adjacent to an activating group) is 1. The Kier molecular flexibility index (Phi) is 6.09. The van der Waals surface area contributed by atoms with Crippen LogP contribution in [0, 0.1) is 0 Å². The largest absolute Gasteiger partial charge is 0.345 e. The van der Waals surface area contributed by atoms with Crippen molar-refractivity contribution in [3.05, 3.63) is 126 Å². The first-order valence-corrected chi connectivity index (χ1v) is 10.4. The molecule has 2 nitrogen and oxygen atoms in total. The van der Waals surface area contributed by atoms with Gasteiger partial charge in [-0.15, -0.1) is 0 Å². The summed E-state index contributed by atoms with van der Waals surface area (Å²) in [5, 5.41) is 0. The second-order valence-corrected chi connectivity index (χ2v) is 7.68. The van der Waals surface area contributed by atoms with E-state index in [9.17, 15) is 4.79 Å².